The third kappa shape index (κ3) is 7.28. The number of fused-ring (bicyclic) bond motifs is 1. The van der Waals surface area contributed by atoms with Crippen LogP contribution in [0.4, 0.5) is 0 Å². The second-order valence-corrected chi connectivity index (χ2v) is 9.96. The summed E-state index contributed by atoms with van der Waals surface area (Å²) in [5.74, 6) is -1.76. The van der Waals surface area contributed by atoms with Gasteiger partial charge in [0, 0.05) is 20.8 Å². The average molecular weight is 481 g/mol. The molecule has 0 amide bonds. The molecule has 0 aliphatic carbocycles. The molecular weight excluding hydrogens is 453 g/mol. The quantitative estimate of drug-likeness (QED) is 0.257. The van der Waals surface area contributed by atoms with Crippen molar-refractivity contribution in [2.24, 2.45) is 4.99 Å². The van der Waals surface area contributed by atoms with E-state index in [1.807, 2.05) is 0 Å². The van der Waals surface area contributed by atoms with Crippen molar-refractivity contribution in [3.05, 3.63) is 0 Å². The molecule has 1 saturated heterocycles. The van der Waals surface area contributed by atoms with E-state index >= 15 is 0 Å². The molecule has 2 rings (SSSR count). The zero-order valence-corrected chi connectivity index (χ0v) is 19.8. The zero-order valence-electron chi connectivity index (χ0n) is 18.1. The SMILES string of the molecule is CCOP(=O)(CC1=NC2C(O[C@H](COC(C)=O)[C@@H](OC(C)=O)[C@@H]2OC(C)=O)S1)OCC. The van der Waals surface area contributed by atoms with Crippen LogP contribution in [0.3, 0.4) is 0 Å². The normalized spacial score (nSPS) is 27.8. The highest BCUT2D eigenvalue weighted by Gasteiger charge is 2.53. The summed E-state index contributed by atoms with van der Waals surface area (Å²) in [6.07, 6.45) is -2.98. The first-order valence-electron chi connectivity index (χ1n) is 9.83. The van der Waals surface area contributed by atoms with E-state index in [0.29, 0.717) is 5.04 Å². The van der Waals surface area contributed by atoms with Gasteiger partial charge in [0.1, 0.15) is 24.2 Å². The molecule has 0 aromatic carbocycles. The summed E-state index contributed by atoms with van der Waals surface area (Å²) in [4.78, 5) is 39.2. The molecular formula is C18H28NO10PS. The van der Waals surface area contributed by atoms with E-state index in [4.69, 9.17) is 28.0 Å². The fourth-order valence-electron chi connectivity index (χ4n) is 3.22. The van der Waals surface area contributed by atoms with Crippen molar-refractivity contribution in [3.8, 4) is 0 Å². The van der Waals surface area contributed by atoms with Gasteiger partial charge < -0.3 is 28.0 Å². The molecule has 2 heterocycles. The number of hydrogen-bond acceptors (Lipinski definition) is 12. The van der Waals surface area contributed by atoms with Crippen LogP contribution >= 0.6 is 19.4 Å². The van der Waals surface area contributed by atoms with Gasteiger partial charge >= 0.3 is 25.5 Å². The highest BCUT2D eigenvalue weighted by Crippen LogP contribution is 2.51. The van der Waals surface area contributed by atoms with Gasteiger partial charge in [0.2, 0.25) is 0 Å². The number of esters is 3. The van der Waals surface area contributed by atoms with Crippen LogP contribution < -0.4 is 0 Å². The first-order chi connectivity index (χ1) is 14.6. The molecule has 0 radical (unpaired) electrons. The smallest absolute Gasteiger partial charge is 0.337 e. The van der Waals surface area contributed by atoms with Crippen LogP contribution in [0, 0.1) is 0 Å². The zero-order chi connectivity index (χ0) is 23.2. The minimum absolute atomic E-state index is 0.0741. The lowest BCUT2D eigenvalue weighted by Crippen LogP contribution is -2.59. The van der Waals surface area contributed by atoms with Crippen molar-refractivity contribution in [1.82, 2.24) is 0 Å². The maximum atomic E-state index is 12.9. The molecule has 0 aromatic rings. The molecule has 0 N–H and O–H groups in total. The van der Waals surface area contributed by atoms with E-state index in [1.165, 1.54) is 32.5 Å². The largest absolute Gasteiger partial charge is 0.463 e. The molecule has 0 aromatic heterocycles. The van der Waals surface area contributed by atoms with E-state index in [0.717, 1.165) is 0 Å². The predicted molar refractivity (Wildman–Crippen MR) is 111 cm³/mol. The van der Waals surface area contributed by atoms with Crippen molar-refractivity contribution in [2.45, 2.75) is 64.4 Å². The van der Waals surface area contributed by atoms with Gasteiger partial charge in [-0.05, 0) is 13.8 Å². The molecule has 0 saturated carbocycles. The lowest BCUT2D eigenvalue weighted by Gasteiger charge is -2.41. The molecule has 13 heteroatoms. The standard InChI is InChI=1S/C18H28NO10PS/c1-6-25-30(23,26-7-2)9-14-19-15-17(28-12(5)22)16(27-11(4)21)13(8-24-10(3)20)29-18(15)31-14/h13,15-18H,6-9H2,1-5H3/t13-,15?,16-,17-,18?/m1/s1. The summed E-state index contributed by atoms with van der Waals surface area (Å²) in [6.45, 7) is 7.28. The van der Waals surface area contributed by atoms with Crippen LogP contribution in [0.2, 0.25) is 0 Å². The average Bonchev–Trinajstić information content (AvgIpc) is 3.03. The second kappa shape index (κ2) is 11.4. The molecule has 0 spiro atoms. The number of thioether (sulfide) groups is 1. The van der Waals surface area contributed by atoms with Crippen molar-refractivity contribution in [2.75, 3.05) is 26.0 Å². The Labute approximate surface area is 185 Å². The lowest BCUT2D eigenvalue weighted by atomic mass is 9.98. The Morgan fingerprint density at radius 2 is 1.58 bits per heavy atom. The summed E-state index contributed by atoms with van der Waals surface area (Å²) in [7, 11) is -3.42. The van der Waals surface area contributed by atoms with Gasteiger partial charge in [0.15, 0.2) is 12.2 Å². The van der Waals surface area contributed by atoms with Gasteiger partial charge in [0.25, 0.3) is 0 Å². The predicted octanol–water partition coefficient (Wildman–Crippen LogP) is 1.92. The van der Waals surface area contributed by atoms with Crippen molar-refractivity contribution < 1.29 is 46.9 Å². The van der Waals surface area contributed by atoms with Crippen LogP contribution in [0.25, 0.3) is 0 Å². The van der Waals surface area contributed by atoms with E-state index in [-0.39, 0.29) is 26.0 Å². The van der Waals surface area contributed by atoms with Crippen LogP contribution in [0.5, 0.6) is 0 Å². The van der Waals surface area contributed by atoms with Crippen molar-refractivity contribution >= 4 is 42.3 Å². The number of carbonyl (C=O) groups excluding carboxylic acids is 3. The number of aliphatic imine (C=N–C) groups is 1. The molecule has 5 atom stereocenters. The number of ether oxygens (including phenoxy) is 4. The van der Waals surface area contributed by atoms with Crippen molar-refractivity contribution in [1.29, 1.82) is 0 Å². The van der Waals surface area contributed by atoms with Crippen molar-refractivity contribution in [3.63, 3.8) is 0 Å². The van der Waals surface area contributed by atoms with Crippen LogP contribution in [-0.2, 0) is 46.9 Å². The Morgan fingerprint density at radius 3 is 2.10 bits per heavy atom. The lowest BCUT2D eigenvalue weighted by molar-refractivity contribution is -0.208. The van der Waals surface area contributed by atoms with E-state index < -0.39 is 55.3 Å². The first kappa shape index (κ1) is 25.8. The van der Waals surface area contributed by atoms with Gasteiger partial charge in [0.05, 0.1) is 24.4 Å². The number of hydrogen-bond donors (Lipinski definition) is 0. The third-order valence-electron chi connectivity index (χ3n) is 4.20. The van der Waals surface area contributed by atoms with E-state index in [9.17, 15) is 18.9 Å². The van der Waals surface area contributed by atoms with Gasteiger partial charge in [-0.2, -0.15) is 0 Å². The molecule has 2 unspecified atom stereocenters. The fraction of sp³-hybridized carbons (Fsp3) is 0.778. The van der Waals surface area contributed by atoms with E-state index in [2.05, 4.69) is 4.99 Å². The van der Waals surface area contributed by atoms with Gasteiger partial charge in [-0.15, -0.1) is 0 Å². The van der Waals surface area contributed by atoms with Crippen LogP contribution in [0.15, 0.2) is 4.99 Å². The molecule has 31 heavy (non-hydrogen) atoms. The Hall–Kier alpha value is -1.46. The van der Waals surface area contributed by atoms with Gasteiger partial charge in [-0.1, -0.05) is 11.8 Å². The second-order valence-electron chi connectivity index (χ2n) is 6.73. The van der Waals surface area contributed by atoms with Crippen LogP contribution in [-0.4, -0.2) is 78.7 Å². The first-order valence-corrected chi connectivity index (χ1v) is 12.4. The summed E-state index contributed by atoms with van der Waals surface area (Å²) in [5.41, 5.74) is -0.636. The summed E-state index contributed by atoms with van der Waals surface area (Å²) in [5, 5.41) is 0.437. The van der Waals surface area contributed by atoms with Crippen LogP contribution in [0.1, 0.15) is 34.6 Å². The maximum Gasteiger partial charge on any atom is 0.337 e. The number of rotatable bonds is 10. The van der Waals surface area contributed by atoms with E-state index in [1.54, 1.807) is 13.8 Å². The number of carbonyl (C=O) groups is 3. The molecule has 1 fully saturated rings. The Kier molecular flexibility index (Phi) is 9.50. The highest BCUT2D eigenvalue weighted by molar-refractivity contribution is 8.15. The Morgan fingerprint density at radius 1 is 1.00 bits per heavy atom. The summed E-state index contributed by atoms with van der Waals surface area (Å²) < 4.78 is 45.4. The minimum Gasteiger partial charge on any atom is -0.463 e. The highest BCUT2D eigenvalue weighted by atomic mass is 32.2. The summed E-state index contributed by atoms with van der Waals surface area (Å²) >= 11 is 1.19. The maximum absolute atomic E-state index is 12.9. The molecule has 2 aliphatic heterocycles. The Balaban J connectivity index is 2.30. The third-order valence-corrected chi connectivity index (χ3v) is 7.54. The Bertz CT molecular complexity index is 750. The topological polar surface area (TPSA) is 136 Å². The fourth-order valence-corrected chi connectivity index (χ4v) is 6.45. The monoisotopic (exact) mass is 481 g/mol. The van der Waals surface area contributed by atoms with Gasteiger partial charge in [-0.25, -0.2) is 0 Å². The molecule has 0 bridgehead atoms. The molecule has 2 aliphatic rings. The molecule has 176 valence electrons. The van der Waals surface area contributed by atoms with Gasteiger partial charge in [-0.3, -0.25) is 23.9 Å². The number of nitrogens with zero attached hydrogens (tertiary/aromatic N) is 1. The summed E-state index contributed by atoms with van der Waals surface area (Å²) in [6, 6.07) is -0.724. The minimum atomic E-state index is -3.42. The molecule has 11 nitrogen and oxygen atoms in total.